The molecule has 0 aromatic heterocycles. The highest BCUT2D eigenvalue weighted by Gasteiger charge is 2.21. The molecule has 0 amide bonds. The molecule has 1 aromatic carbocycles. The molecule has 2 N–H and O–H groups in total. The molecule has 19 heavy (non-hydrogen) atoms. The highest BCUT2D eigenvalue weighted by Crippen LogP contribution is 2.23. The molecule has 0 spiro atoms. The Bertz CT molecular complexity index is 498. The summed E-state index contributed by atoms with van der Waals surface area (Å²) in [6.45, 7) is 8.56. The van der Waals surface area contributed by atoms with Crippen molar-refractivity contribution in [2.45, 2.75) is 50.5 Å². The van der Waals surface area contributed by atoms with Gasteiger partial charge in [0.05, 0.1) is 11.0 Å². The molecule has 0 saturated carbocycles. The Hall–Kier alpha value is -0.870. The third kappa shape index (κ3) is 4.62. The van der Waals surface area contributed by atoms with Gasteiger partial charge in [-0.2, -0.15) is 0 Å². The van der Waals surface area contributed by atoms with Gasteiger partial charge < -0.3 is 5.73 Å². The zero-order valence-electron chi connectivity index (χ0n) is 12.3. The quantitative estimate of drug-likeness (QED) is 0.903. The largest absolute Gasteiger partial charge is 0.330 e. The number of hydrogen-bond acceptors (Lipinski definition) is 3. The summed E-state index contributed by atoms with van der Waals surface area (Å²) in [6.07, 6.45) is 0.516. The molecule has 1 rings (SSSR count). The van der Waals surface area contributed by atoms with Crippen LogP contribution in [0.4, 0.5) is 0 Å². The number of rotatable bonds is 5. The third-order valence-electron chi connectivity index (χ3n) is 3.37. The molecular formula is C15H25NO2S. The van der Waals surface area contributed by atoms with Crippen LogP contribution in [0, 0.1) is 0 Å². The maximum Gasteiger partial charge on any atom is 0.157 e. The Morgan fingerprint density at radius 2 is 1.68 bits per heavy atom. The van der Waals surface area contributed by atoms with Gasteiger partial charge in [-0.25, -0.2) is 8.42 Å². The highest BCUT2D eigenvalue weighted by atomic mass is 32.2. The number of nitrogens with two attached hydrogens (primary N) is 1. The maximum absolute atomic E-state index is 12.1. The van der Waals surface area contributed by atoms with Crippen LogP contribution in [0.25, 0.3) is 0 Å². The average molecular weight is 283 g/mol. The first-order valence-electron chi connectivity index (χ1n) is 6.68. The molecule has 1 atom stereocenters. The second-order valence-electron chi connectivity index (χ2n) is 6.14. The summed E-state index contributed by atoms with van der Waals surface area (Å²) < 4.78 is 24.2. The van der Waals surface area contributed by atoms with E-state index in [2.05, 4.69) is 20.8 Å². The normalized spacial score (nSPS) is 14.4. The lowest BCUT2D eigenvalue weighted by molar-refractivity contribution is 0.577. The topological polar surface area (TPSA) is 60.2 Å². The van der Waals surface area contributed by atoms with Gasteiger partial charge in [0.2, 0.25) is 0 Å². The molecule has 0 saturated heterocycles. The smallest absolute Gasteiger partial charge is 0.157 e. The van der Waals surface area contributed by atoms with Crippen molar-refractivity contribution in [3.05, 3.63) is 35.4 Å². The Kier molecular flexibility index (Phi) is 5.16. The van der Waals surface area contributed by atoms with Crippen LogP contribution in [0.5, 0.6) is 0 Å². The molecule has 0 aliphatic rings. The average Bonchev–Trinajstić information content (AvgIpc) is 2.28. The molecule has 108 valence electrons. The molecule has 0 fully saturated rings. The fourth-order valence-electron chi connectivity index (χ4n) is 1.89. The van der Waals surface area contributed by atoms with Gasteiger partial charge in [0.1, 0.15) is 0 Å². The zero-order valence-corrected chi connectivity index (χ0v) is 13.1. The van der Waals surface area contributed by atoms with Crippen molar-refractivity contribution in [3.63, 3.8) is 0 Å². The van der Waals surface area contributed by atoms with Crippen LogP contribution in [-0.2, 0) is 21.0 Å². The Morgan fingerprint density at radius 1 is 1.16 bits per heavy atom. The SMILES string of the molecule is CC(CCN)S(=O)(=O)Cc1ccc(C(C)(C)C)cc1. The number of sulfone groups is 1. The minimum atomic E-state index is -3.10. The second-order valence-corrected chi connectivity index (χ2v) is 8.56. The van der Waals surface area contributed by atoms with E-state index in [0.29, 0.717) is 13.0 Å². The molecule has 3 nitrogen and oxygen atoms in total. The van der Waals surface area contributed by atoms with Gasteiger partial charge in [-0.3, -0.25) is 0 Å². The summed E-state index contributed by atoms with van der Waals surface area (Å²) in [5.41, 5.74) is 7.57. The first-order chi connectivity index (χ1) is 8.66. The molecule has 0 bridgehead atoms. The van der Waals surface area contributed by atoms with Crippen molar-refractivity contribution in [1.29, 1.82) is 0 Å². The second kappa shape index (κ2) is 6.06. The van der Waals surface area contributed by atoms with Gasteiger partial charge in [0, 0.05) is 0 Å². The lowest BCUT2D eigenvalue weighted by Crippen LogP contribution is -2.22. The fraction of sp³-hybridized carbons (Fsp3) is 0.600. The lowest BCUT2D eigenvalue weighted by atomic mass is 9.87. The van der Waals surface area contributed by atoms with Gasteiger partial charge in [0.25, 0.3) is 0 Å². The third-order valence-corrected chi connectivity index (χ3v) is 5.57. The van der Waals surface area contributed by atoms with Crippen molar-refractivity contribution in [2.75, 3.05) is 6.54 Å². The summed E-state index contributed by atoms with van der Waals surface area (Å²) >= 11 is 0. The van der Waals surface area contributed by atoms with E-state index in [9.17, 15) is 8.42 Å². The molecule has 1 aromatic rings. The van der Waals surface area contributed by atoms with E-state index in [4.69, 9.17) is 5.73 Å². The van der Waals surface area contributed by atoms with E-state index >= 15 is 0 Å². The summed E-state index contributed by atoms with van der Waals surface area (Å²) in [5, 5.41) is -0.375. The van der Waals surface area contributed by atoms with E-state index in [-0.39, 0.29) is 16.4 Å². The van der Waals surface area contributed by atoms with Crippen LogP contribution >= 0.6 is 0 Å². The van der Waals surface area contributed by atoms with E-state index in [1.807, 2.05) is 24.3 Å². The maximum atomic E-state index is 12.1. The van der Waals surface area contributed by atoms with Gasteiger partial charge >= 0.3 is 0 Å². The minimum absolute atomic E-state index is 0.0875. The summed E-state index contributed by atoms with van der Waals surface area (Å²) in [7, 11) is -3.10. The Morgan fingerprint density at radius 3 is 2.11 bits per heavy atom. The van der Waals surface area contributed by atoms with Crippen LogP contribution in [-0.4, -0.2) is 20.2 Å². The first kappa shape index (κ1) is 16.2. The zero-order chi connectivity index (χ0) is 14.7. The van der Waals surface area contributed by atoms with Crippen LogP contribution < -0.4 is 5.73 Å². The van der Waals surface area contributed by atoms with E-state index in [1.165, 1.54) is 5.56 Å². The van der Waals surface area contributed by atoms with E-state index < -0.39 is 9.84 Å². The van der Waals surface area contributed by atoms with Crippen molar-refractivity contribution >= 4 is 9.84 Å². The van der Waals surface area contributed by atoms with Crippen LogP contribution in [0.1, 0.15) is 45.2 Å². The van der Waals surface area contributed by atoms with Gasteiger partial charge in [-0.1, -0.05) is 45.0 Å². The van der Waals surface area contributed by atoms with Crippen LogP contribution in [0.3, 0.4) is 0 Å². The Balaban J connectivity index is 2.84. The van der Waals surface area contributed by atoms with Crippen LogP contribution in [0.2, 0.25) is 0 Å². The molecule has 0 heterocycles. The first-order valence-corrected chi connectivity index (χ1v) is 8.39. The van der Waals surface area contributed by atoms with E-state index in [0.717, 1.165) is 5.56 Å². The van der Waals surface area contributed by atoms with Gasteiger partial charge in [-0.15, -0.1) is 0 Å². The molecular weight excluding hydrogens is 258 g/mol. The van der Waals surface area contributed by atoms with Crippen molar-refractivity contribution < 1.29 is 8.42 Å². The molecule has 0 aliphatic carbocycles. The molecule has 0 radical (unpaired) electrons. The predicted octanol–water partition coefficient (Wildman–Crippen LogP) is 2.64. The number of benzene rings is 1. The van der Waals surface area contributed by atoms with Crippen molar-refractivity contribution in [3.8, 4) is 0 Å². The summed E-state index contributed by atoms with van der Waals surface area (Å²) in [4.78, 5) is 0. The standard InChI is InChI=1S/C15H25NO2S/c1-12(9-10-16)19(17,18)11-13-5-7-14(8-6-13)15(2,3)4/h5-8,12H,9-11,16H2,1-4H3. The van der Waals surface area contributed by atoms with Gasteiger partial charge in [-0.05, 0) is 36.4 Å². The predicted molar refractivity (Wildman–Crippen MR) is 80.9 cm³/mol. The fourth-order valence-corrected chi connectivity index (χ4v) is 3.33. The monoisotopic (exact) mass is 283 g/mol. The minimum Gasteiger partial charge on any atom is -0.330 e. The van der Waals surface area contributed by atoms with E-state index in [1.54, 1.807) is 6.92 Å². The molecule has 4 heteroatoms. The summed E-state index contributed by atoms with van der Waals surface area (Å²) in [6, 6.07) is 7.84. The molecule has 1 unspecified atom stereocenters. The molecule has 0 aliphatic heterocycles. The summed E-state index contributed by atoms with van der Waals surface area (Å²) in [5.74, 6) is 0.0958. The van der Waals surface area contributed by atoms with Gasteiger partial charge in [0.15, 0.2) is 9.84 Å². The lowest BCUT2D eigenvalue weighted by Gasteiger charge is -2.19. The van der Waals surface area contributed by atoms with Crippen molar-refractivity contribution in [2.24, 2.45) is 5.73 Å². The van der Waals surface area contributed by atoms with Crippen LogP contribution in [0.15, 0.2) is 24.3 Å². The Labute approximate surface area is 117 Å². The van der Waals surface area contributed by atoms with Crippen molar-refractivity contribution in [1.82, 2.24) is 0 Å². The number of hydrogen-bond donors (Lipinski definition) is 1. The highest BCUT2D eigenvalue weighted by molar-refractivity contribution is 7.91.